The number of hydrogen-bond donors (Lipinski definition) is 1. The first-order valence-corrected chi connectivity index (χ1v) is 10.3. The molecular weight excluding hydrogens is 356 g/mol. The smallest absolute Gasteiger partial charge is 0.309 e. The van der Waals surface area contributed by atoms with Crippen molar-refractivity contribution in [2.24, 2.45) is 5.92 Å². The van der Waals surface area contributed by atoms with E-state index in [4.69, 9.17) is 4.74 Å². The third kappa shape index (κ3) is 4.62. The highest BCUT2D eigenvalue weighted by atomic mass is 32.2. The zero-order chi connectivity index (χ0) is 19.3. The minimum absolute atomic E-state index is 0.0907. The molecule has 144 valence electrons. The summed E-state index contributed by atoms with van der Waals surface area (Å²) in [4.78, 5) is 23.9. The van der Waals surface area contributed by atoms with Gasteiger partial charge in [-0.1, -0.05) is 26.3 Å². The molecule has 1 aromatic carbocycles. The van der Waals surface area contributed by atoms with Crippen molar-refractivity contribution in [1.29, 1.82) is 0 Å². The van der Waals surface area contributed by atoms with Crippen LogP contribution in [0.15, 0.2) is 23.1 Å². The van der Waals surface area contributed by atoms with Gasteiger partial charge in [0.2, 0.25) is 10.0 Å². The number of carbonyl (C=O) groups is 2. The monoisotopic (exact) mass is 382 g/mol. The van der Waals surface area contributed by atoms with Crippen LogP contribution in [0, 0.1) is 12.8 Å². The molecular formula is C18H26N2O5S. The first kappa shape index (κ1) is 20.4. The molecule has 0 unspecified atom stereocenters. The number of esters is 1. The average molecular weight is 382 g/mol. The highest BCUT2D eigenvalue weighted by Gasteiger charge is 2.27. The third-order valence-electron chi connectivity index (χ3n) is 4.61. The zero-order valence-corrected chi connectivity index (χ0v) is 16.3. The number of sulfonamides is 1. The Morgan fingerprint density at radius 1 is 1.23 bits per heavy atom. The molecule has 0 spiro atoms. The summed E-state index contributed by atoms with van der Waals surface area (Å²) < 4.78 is 31.6. The first-order chi connectivity index (χ1) is 12.3. The molecule has 0 aliphatic heterocycles. The summed E-state index contributed by atoms with van der Waals surface area (Å²) in [6.45, 7) is 5.67. The fourth-order valence-electron chi connectivity index (χ4n) is 2.69. The van der Waals surface area contributed by atoms with Gasteiger partial charge in [0.15, 0.2) is 6.61 Å². The van der Waals surface area contributed by atoms with Gasteiger partial charge in [-0.05, 0) is 37.5 Å². The highest BCUT2D eigenvalue weighted by Crippen LogP contribution is 2.27. The molecule has 0 atom stereocenters. The van der Waals surface area contributed by atoms with E-state index >= 15 is 0 Å². The first-order valence-electron chi connectivity index (χ1n) is 8.86. The number of aryl methyl sites for hydroxylation is 1. The molecule has 1 saturated carbocycles. The Labute approximate surface area is 154 Å². The normalized spacial score (nSPS) is 14.8. The lowest BCUT2D eigenvalue weighted by atomic mass is 9.86. The van der Waals surface area contributed by atoms with Gasteiger partial charge in [0.05, 0.1) is 10.8 Å². The van der Waals surface area contributed by atoms with Crippen LogP contribution in [0.1, 0.15) is 38.7 Å². The standard InChI is InChI=1S/C18H26N2O5S/c1-4-20(5-2)26(23,24)15-10-9-13(3)16(11-15)19-17(21)12-25-18(22)14-7-6-8-14/h9-11,14H,4-8,12H2,1-3H3,(H,19,21). The molecule has 1 fully saturated rings. The molecule has 0 saturated heterocycles. The summed E-state index contributed by atoms with van der Waals surface area (Å²) in [7, 11) is -3.61. The van der Waals surface area contributed by atoms with E-state index in [1.54, 1.807) is 26.8 Å². The fraction of sp³-hybridized carbons (Fsp3) is 0.556. The van der Waals surface area contributed by atoms with E-state index in [9.17, 15) is 18.0 Å². The van der Waals surface area contributed by atoms with Crippen LogP contribution in [0.5, 0.6) is 0 Å². The number of nitrogens with zero attached hydrogens (tertiary/aromatic N) is 1. The lowest BCUT2D eigenvalue weighted by Crippen LogP contribution is -2.31. The van der Waals surface area contributed by atoms with Crippen molar-refractivity contribution >= 4 is 27.6 Å². The highest BCUT2D eigenvalue weighted by molar-refractivity contribution is 7.89. The summed E-state index contributed by atoms with van der Waals surface area (Å²) in [5.41, 5.74) is 1.12. The van der Waals surface area contributed by atoms with Crippen molar-refractivity contribution in [2.45, 2.75) is 44.9 Å². The molecule has 1 aliphatic carbocycles. The minimum Gasteiger partial charge on any atom is -0.455 e. The predicted molar refractivity (Wildman–Crippen MR) is 98.2 cm³/mol. The average Bonchev–Trinajstić information content (AvgIpc) is 2.54. The minimum atomic E-state index is -3.61. The van der Waals surface area contributed by atoms with Crippen molar-refractivity contribution in [2.75, 3.05) is 25.0 Å². The maximum atomic E-state index is 12.6. The van der Waals surface area contributed by atoms with Crippen LogP contribution < -0.4 is 5.32 Å². The molecule has 26 heavy (non-hydrogen) atoms. The number of amides is 1. The van der Waals surface area contributed by atoms with E-state index in [0.29, 0.717) is 18.8 Å². The fourth-order valence-corrected chi connectivity index (χ4v) is 4.18. The number of anilines is 1. The SMILES string of the molecule is CCN(CC)S(=O)(=O)c1ccc(C)c(NC(=O)COC(=O)C2CCC2)c1. The molecule has 0 bridgehead atoms. The van der Waals surface area contributed by atoms with Crippen molar-refractivity contribution in [3.63, 3.8) is 0 Å². The Morgan fingerprint density at radius 3 is 2.42 bits per heavy atom. The van der Waals surface area contributed by atoms with Crippen LogP contribution in [-0.4, -0.2) is 44.3 Å². The summed E-state index contributed by atoms with van der Waals surface area (Å²) in [5, 5.41) is 2.63. The number of benzene rings is 1. The van der Waals surface area contributed by atoms with Crippen molar-refractivity contribution in [1.82, 2.24) is 4.31 Å². The number of nitrogens with one attached hydrogen (secondary N) is 1. The zero-order valence-electron chi connectivity index (χ0n) is 15.4. The number of ether oxygens (including phenoxy) is 1. The van der Waals surface area contributed by atoms with Crippen molar-refractivity contribution in [3.8, 4) is 0 Å². The number of hydrogen-bond acceptors (Lipinski definition) is 5. The largest absolute Gasteiger partial charge is 0.455 e. The quantitative estimate of drug-likeness (QED) is 0.697. The molecule has 7 nitrogen and oxygen atoms in total. The van der Waals surface area contributed by atoms with Gasteiger partial charge in [-0.3, -0.25) is 9.59 Å². The Morgan fingerprint density at radius 2 is 1.88 bits per heavy atom. The van der Waals surface area contributed by atoms with Gasteiger partial charge in [0, 0.05) is 18.8 Å². The van der Waals surface area contributed by atoms with Crippen molar-refractivity contribution in [3.05, 3.63) is 23.8 Å². The van der Waals surface area contributed by atoms with Crippen LogP contribution in [0.2, 0.25) is 0 Å². The van der Waals surface area contributed by atoms with E-state index in [1.165, 1.54) is 16.4 Å². The van der Waals surface area contributed by atoms with Crippen molar-refractivity contribution < 1.29 is 22.7 Å². The lowest BCUT2D eigenvalue weighted by Gasteiger charge is -2.23. The molecule has 2 rings (SSSR count). The summed E-state index contributed by atoms with van der Waals surface area (Å²) in [6.07, 6.45) is 2.63. The van der Waals surface area contributed by atoms with Crippen LogP contribution in [0.25, 0.3) is 0 Å². The molecule has 0 radical (unpaired) electrons. The van der Waals surface area contributed by atoms with E-state index in [1.807, 2.05) is 0 Å². The molecule has 0 aromatic heterocycles. The van der Waals surface area contributed by atoms with E-state index in [0.717, 1.165) is 24.8 Å². The second kappa shape index (κ2) is 8.64. The van der Waals surface area contributed by atoms with Gasteiger partial charge in [-0.15, -0.1) is 0 Å². The molecule has 1 N–H and O–H groups in total. The number of rotatable bonds is 8. The van der Waals surface area contributed by atoms with E-state index in [-0.39, 0.29) is 23.4 Å². The molecule has 0 heterocycles. The van der Waals surface area contributed by atoms with Gasteiger partial charge in [0.1, 0.15) is 0 Å². The predicted octanol–water partition coefficient (Wildman–Crippen LogP) is 2.31. The summed E-state index contributed by atoms with van der Waals surface area (Å²) in [6, 6.07) is 4.61. The Bertz CT molecular complexity index is 768. The summed E-state index contributed by atoms with van der Waals surface area (Å²) >= 11 is 0. The summed E-state index contributed by atoms with van der Waals surface area (Å²) in [5.74, 6) is -0.925. The second-order valence-corrected chi connectivity index (χ2v) is 8.29. The van der Waals surface area contributed by atoms with E-state index < -0.39 is 15.9 Å². The van der Waals surface area contributed by atoms with E-state index in [2.05, 4.69) is 5.32 Å². The Balaban J connectivity index is 2.07. The van der Waals surface area contributed by atoms with Crippen LogP contribution in [-0.2, 0) is 24.3 Å². The molecule has 1 amide bonds. The van der Waals surface area contributed by atoms with Gasteiger partial charge in [-0.25, -0.2) is 8.42 Å². The Kier molecular flexibility index (Phi) is 6.77. The molecule has 1 aromatic rings. The third-order valence-corrected chi connectivity index (χ3v) is 6.66. The van der Waals surface area contributed by atoms with Crippen LogP contribution in [0.3, 0.4) is 0 Å². The maximum absolute atomic E-state index is 12.6. The van der Waals surface area contributed by atoms with Gasteiger partial charge in [-0.2, -0.15) is 4.31 Å². The van der Waals surface area contributed by atoms with Crippen LogP contribution >= 0.6 is 0 Å². The second-order valence-electron chi connectivity index (χ2n) is 6.35. The van der Waals surface area contributed by atoms with Gasteiger partial charge >= 0.3 is 5.97 Å². The topological polar surface area (TPSA) is 92.8 Å². The maximum Gasteiger partial charge on any atom is 0.309 e. The molecule has 8 heteroatoms. The number of carbonyl (C=O) groups excluding carboxylic acids is 2. The lowest BCUT2D eigenvalue weighted by molar-refractivity contribution is -0.154. The molecule has 1 aliphatic rings. The van der Waals surface area contributed by atoms with Crippen LogP contribution in [0.4, 0.5) is 5.69 Å². The Hall–Kier alpha value is -1.93. The van der Waals surface area contributed by atoms with Gasteiger partial charge in [0.25, 0.3) is 5.91 Å². The van der Waals surface area contributed by atoms with Gasteiger partial charge < -0.3 is 10.1 Å².